The summed E-state index contributed by atoms with van der Waals surface area (Å²) in [4.78, 5) is 11.3. The Hall–Kier alpha value is -2.01. The normalized spacial score (nSPS) is 10.5. The maximum atomic E-state index is 11.3. The van der Waals surface area contributed by atoms with Gasteiger partial charge in [-0.1, -0.05) is 11.6 Å². The molecule has 0 unspecified atom stereocenters. The average Bonchev–Trinajstić information content (AvgIpc) is 2.79. The SMILES string of the molecule is CCn1nc(C)c(Cl)c1COc1ccc(C(=O)OC)cc1. The van der Waals surface area contributed by atoms with Crippen molar-refractivity contribution in [3.63, 3.8) is 0 Å². The Labute approximate surface area is 128 Å². The molecule has 0 aliphatic carbocycles. The maximum absolute atomic E-state index is 11.3. The molecule has 0 fully saturated rings. The number of ether oxygens (including phenoxy) is 2. The van der Waals surface area contributed by atoms with Crippen LogP contribution in [0.2, 0.25) is 5.02 Å². The van der Waals surface area contributed by atoms with Crippen molar-refractivity contribution in [2.24, 2.45) is 0 Å². The van der Waals surface area contributed by atoms with Gasteiger partial charge in [0.1, 0.15) is 12.4 Å². The maximum Gasteiger partial charge on any atom is 0.337 e. The fourth-order valence-electron chi connectivity index (χ4n) is 1.96. The van der Waals surface area contributed by atoms with E-state index in [9.17, 15) is 4.79 Å². The van der Waals surface area contributed by atoms with Crippen molar-refractivity contribution in [3.8, 4) is 5.75 Å². The fraction of sp³-hybridized carbons (Fsp3) is 0.333. The largest absolute Gasteiger partial charge is 0.487 e. The number of aromatic nitrogens is 2. The number of aryl methyl sites for hydroxylation is 2. The molecule has 0 aliphatic heterocycles. The smallest absolute Gasteiger partial charge is 0.337 e. The van der Waals surface area contributed by atoms with Gasteiger partial charge in [0.2, 0.25) is 0 Å². The number of carbonyl (C=O) groups excluding carboxylic acids is 1. The summed E-state index contributed by atoms with van der Waals surface area (Å²) in [5, 5.41) is 4.96. The van der Waals surface area contributed by atoms with Gasteiger partial charge in [-0.05, 0) is 38.1 Å². The molecule has 2 rings (SSSR count). The minimum absolute atomic E-state index is 0.324. The van der Waals surface area contributed by atoms with Crippen LogP contribution in [0.15, 0.2) is 24.3 Å². The van der Waals surface area contributed by atoms with Gasteiger partial charge < -0.3 is 9.47 Å². The summed E-state index contributed by atoms with van der Waals surface area (Å²) in [6.07, 6.45) is 0. The molecule has 0 N–H and O–H groups in total. The van der Waals surface area contributed by atoms with Crippen LogP contribution in [-0.2, 0) is 17.9 Å². The van der Waals surface area contributed by atoms with E-state index in [0.29, 0.717) is 22.9 Å². The van der Waals surface area contributed by atoms with E-state index >= 15 is 0 Å². The molecule has 0 saturated heterocycles. The Bertz CT molecular complexity index is 635. The number of esters is 1. The second-order valence-corrected chi connectivity index (χ2v) is 4.84. The number of carbonyl (C=O) groups is 1. The van der Waals surface area contributed by atoms with Crippen molar-refractivity contribution in [2.75, 3.05) is 7.11 Å². The molecule has 0 atom stereocenters. The van der Waals surface area contributed by atoms with Crippen molar-refractivity contribution >= 4 is 17.6 Å². The van der Waals surface area contributed by atoms with E-state index in [1.165, 1.54) is 7.11 Å². The molecule has 0 amide bonds. The third-order valence-corrected chi connectivity index (χ3v) is 3.60. The van der Waals surface area contributed by atoms with Crippen LogP contribution in [0.25, 0.3) is 0 Å². The predicted octanol–water partition coefficient (Wildman–Crippen LogP) is 3.23. The van der Waals surface area contributed by atoms with E-state index in [1.54, 1.807) is 24.3 Å². The van der Waals surface area contributed by atoms with Crippen LogP contribution >= 0.6 is 11.6 Å². The van der Waals surface area contributed by atoms with Crippen molar-refractivity contribution in [1.82, 2.24) is 9.78 Å². The number of halogens is 1. The van der Waals surface area contributed by atoms with Crippen LogP contribution in [0.3, 0.4) is 0 Å². The first-order chi connectivity index (χ1) is 10.1. The van der Waals surface area contributed by atoms with E-state index in [2.05, 4.69) is 9.84 Å². The predicted molar refractivity (Wildman–Crippen MR) is 79.8 cm³/mol. The summed E-state index contributed by atoms with van der Waals surface area (Å²) in [5.74, 6) is 0.282. The Kier molecular flexibility index (Phi) is 4.85. The third-order valence-electron chi connectivity index (χ3n) is 3.10. The molecule has 1 aromatic heterocycles. The van der Waals surface area contributed by atoms with Crippen LogP contribution < -0.4 is 4.74 Å². The molecule has 0 spiro atoms. The first-order valence-corrected chi connectivity index (χ1v) is 6.97. The highest BCUT2D eigenvalue weighted by Crippen LogP contribution is 2.22. The number of rotatable bonds is 5. The van der Waals surface area contributed by atoms with Gasteiger partial charge in [-0.3, -0.25) is 4.68 Å². The molecule has 0 bridgehead atoms. The van der Waals surface area contributed by atoms with Gasteiger partial charge in [0.05, 0.1) is 29.1 Å². The number of hydrogen-bond donors (Lipinski definition) is 0. The molecule has 21 heavy (non-hydrogen) atoms. The summed E-state index contributed by atoms with van der Waals surface area (Å²) in [6, 6.07) is 6.76. The second-order valence-electron chi connectivity index (χ2n) is 4.47. The summed E-state index contributed by atoms with van der Waals surface area (Å²) in [7, 11) is 1.35. The highest BCUT2D eigenvalue weighted by Gasteiger charge is 2.13. The van der Waals surface area contributed by atoms with Crippen LogP contribution in [0.5, 0.6) is 5.75 Å². The van der Waals surface area contributed by atoms with Gasteiger partial charge in [-0.25, -0.2) is 4.79 Å². The lowest BCUT2D eigenvalue weighted by molar-refractivity contribution is 0.0600. The quantitative estimate of drug-likeness (QED) is 0.796. The fourth-order valence-corrected chi connectivity index (χ4v) is 2.15. The lowest BCUT2D eigenvalue weighted by Crippen LogP contribution is -2.07. The van der Waals surface area contributed by atoms with Gasteiger partial charge in [-0.2, -0.15) is 5.10 Å². The molecular formula is C15H17ClN2O3. The van der Waals surface area contributed by atoms with Gasteiger partial charge in [0, 0.05) is 6.54 Å². The lowest BCUT2D eigenvalue weighted by atomic mass is 10.2. The molecular weight excluding hydrogens is 292 g/mol. The average molecular weight is 309 g/mol. The number of hydrogen-bond acceptors (Lipinski definition) is 4. The standard InChI is InChI=1S/C15H17ClN2O3/c1-4-18-13(14(16)10(2)17-18)9-21-12-7-5-11(6-8-12)15(19)20-3/h5-8H,4,9H2,1-3H3. The van der Waals surface area contributed by atoms with E-state index < -0.39 is 0 Å². The zero-order chi connectivity index (χ0) is 15.4. The van der Waals surface area contributed by atoms with E-state index in [0.717, 1.165) is 17.9 Å². The summed E-state index contributed by atoms with van der Waals surface area (Å²) < 4.78 is 12.2. The topological polar surface area (TPSA) is 53.4 Å². The van der Waals surface area contributed by atoms with Crippen molar-refractivity contribution in [3.05, 3.63) is 46.2 Å². The monoisotopic (exact) mass is 308 g/mol. The number of nitrogens with zero attached hydrogens (tertiary/aromatic N) is 2. The number of methoxy groups -OCH3 is 1. The summed E-state index contributed by atoms with van der Waals surface area (Å²) >= 11 is 6.22. The van der Waals surface area contributed by atoms with E-state index in [-0.39, 0.29) is 5.97 Å². The molecule has 0 saturated carbocycles. The van der Waals surface area contributed by atoms with Crippen LogP contribution in [0, 0.1) is 6.92 Å². The molecule has 6 heteroatoms. The molecule has 0 aliphatic rings. The summed E-state index contributed by atoms with van der Waals surface area (Å²) in [5.41, 5.74) is 2.11. The van der Waals surface area contributed by atoms with Gasteiger partial charge >= 0.3 is 5.97 Å². The molecule has 2 aromatic rings. The Morgan fingerprint density at radius 3 is 2.57 bits per heavy atom. The first kappa shape index (κ1) is 15.4. The van der Waals surface area contributed by atoms with E-state index in [4.69, 9.17) is 16.3 Å². The van der Waals surface area contributed by atoms with Gasteiger partial charge in [0.15, 0.2) is 0 Å². The number of benzene rings is 1. The molecule has 112 valence electrons. The van der Waals surface area contributed by atoms with Crippen molar-refractivity contribution in [1.29, 1.82) is 0 Å². The molecule has 0 radical (unpaired) electrons. The highest BCUT2D eigenvalue weighted by molar-refractivity contribution is 6.31. The lowest BCUT2D eigenvalue weighted by Gasteiger charge is -2.09. The van der Waals surface area contributed by atoms with Crippen molar-refractivity contribution in [2.45, 2.75) is 27.0 Å². The summed E-state index contributed by atoms with van der Waals surface area (Å²) in [6.45, 7) is 4.92. The Morgan fingerprint density at radius 1 is 1.33 bits per heavy atom. The minimum atomic E-state index is -0.371. The van der Waals surface area contributed by atoms with Crippen LogP contribution in [0.4, 0.5) is 0 Å². The Morgan fingerprint density at radius 2 is 2.00 bits per heavy atom. The zero-order valence-electron chi connectivity index (χ0n) is 12.2. The van der Waals surface area contributed by atoms with Crippen LogP contribution in [-0.4, -0.2) is 22.9 Å². The first-order valence-electron chi connectivity index (χ1n) is 6.59. The zero-order valence-corrected chi connectivity index (χ0v) is 13.0. The molecule has 1 aromatic carbocycles. The molecule has 5 nitrogen and oxygen atoms in total. The highest BCUT2D eigenvalue weighted by atomic mass is 35.5. The third kappa shape index (κ3) is 3.36. The van der Waals surface area contributed by atoms with Crippen molar-refractivity contribution < 1.29 is 14.3 Å². The minimum Gasteiger partial charge on any atom is -0.487 e. The van der Waals surface area contributed by atoms with Gasteiger partial charge in [-0.15, -0.1) is 0 Å². The Balaban J connectivity index is 2.08. The molecule has 1 heterocycles. The van der Waals surface area contributed by atoms with E-state index in [1.807, 2.05) is 18.5 Å². The van der Waals surface area contributed by atoms with Gasteiger partial charge in [0.25, 0.3) is 0 Å². The van der Waals surface area contributed by atoms with Crippen LogP contribution in [0.1, 0.15) is 28.7 Å². The second kappa shape index (κ2) is 6.63.